The highest BCUT2D eigenvalue weighted by Crippen LogP contribution is 2.43. The first-order valence-electron chi connectivity index (χ1n) is 7.94. The molecule has 1 fully saturated rings. The summed E-state index contributed by atoms with van der Waals surface area (Å²) in [5, 5.41) is 0.116. The van der Waals surface area contributed by atoms with Crippen molar-refractivity contribution in [2.75, 3.05) is 11.0 Å². The second-order valence-electron chi connectivity index (χ2n) is 7.60. The maximum absolute atomic E-state index is 12.4. The highest BCUT2D eigenvalue weighted by molar-refractivity contribution is 14.1. The second-order valence-corrected chi connectivity index (χ2v) is 13.1. The minimum Gasteiger partial charge on any atom is -0.465 e. The molecule has 0 N–H and O–H groups in total. The number of Topliss-reactive ketones (excluding diaryl/α,β-unsaturated/α-hetero) is 1. The summed E-state index contributed by atoms with van der Waals surface area (Å²) in [6.07, 6.45) is 1.54. The van der Waals surface area contributed by atoms with Gasteiger partial charge in [-0.3, -0.25) is 9.59 Å². The summed E-state index contributed by atoms with van der Waals surface area (Å²) >= 11 is 2.13. The molecule has 0 spiro atoms. The zero-order valence-corrected chi connectivity index (χ0v) is 17.8. The Kier molecular flexibility index (Phi) is 6.66. The van der Waals surface area contributed by atoms with Gasteiger partial charge in [-0.25, -0.2) is 0 Å². The summed E-state index contributed by atoms with van der Waals surface area (Å²) in [4.78, 5) is 24.8. The SMILES string of the molecule is CCOC(=O)C1(CI)CC(O[Si](C)(C)C(C)(C)C)CCC1=O. The van der Waals surface area contributed by atoms with Crippen LogP contribution in [0.3, 0.4) is 0 Å². The molecule has 0 bridgehead atoms. The molecule has 0 saturated heterocycles. The maximum atomic E-state index is 12.4. The van der Waals surface area contributed by atoms with E-state index in [-0.39, 0.29) is 22.9 Å². The maximum Gasteiger partial charge on any atom is 0.320 e. The Labute approximate surface area is 149 Å². The van der Waals surface area contributed by atoms with Crippen LogP contribution in [0.1, 0.15) is 47.0 Å². The van der Waals surface area contributed by atoms with Crippen molar-refractivity contribution in [3.8, 4) is 0 Å². The van der Waals surface area contributed by atoms with Crippen LogP contribution in [0.4, 0.5) is 0 Å². The van der Waals surface area contributed by atoms with Gasteiger partial charge in [0.05, 0.1) is 6.61 Å². The van der Waals surface area contributed by atoms with Gasteiger partial charge < -0.3 is 9.16 Å². The van der Waals surface area contributed by atoms with E-state index in [9.17, 15) is 9.59 Å². The zero-order chi connectivity index (χ0) is 17.2. The third-order valence-electron chi connectivity index (χ3n) is 4.97. The van der Waals surface area contributed by atoms with E-state index >= 15 is 0 Å². The molecular weight excluding hydrogens is 411 g/mol. The highest BCUT2D eigenvalue weighted by atomic mass is 127. The van der Waals surface area contributed by atoms with Gasteiger partial charge >= 0.3 is 5.97 Å². The Hall–Kier alpha value is 0.0469. The molecule has 1 rings (SSSR count). The molecule has 0 amide bonds. The van der Waals surface area contributed by atoms with Crippen molar-refractivity contribution < 1.29 is 18.8 Å². The van der Waals surface area contributed by atoms with Gasteiger partial charge in [0, 0.05) is 17.0 Å². The molecule has 0 heterocycles. The molecule has 1 aliphatic rings. The van der Waals surface area contributed by atoms with Crippen LogP contribution in [-0.2, 0) is 18.8 Å². The second kappa shape index (κ2) is 7.30. The highest BCUT2D eigenvalue weighted by Gasteiger charge is 2.51. The van der Waals surface area contributed by atoms with Gasteiger partial charge in [0.15, 0.2) is 14.1 Å². The van der Waals surface area contributed by atoms with E-state index in [4.69, 9.17) is 9.16 Å². The first kappa shape index (κ1) is 20.1. The fourth-order valence-corrected chi connectivity index (χ4v) is 4.92. The summed E-state index contributed by atoms with van der Waals surface area (Å²) in [6, 6.07) is 0. The Bertz CT molecular complexity index is 430. The quantitative estimate of drug-likeness (QED) is 0.212. The van der Waals surface area contributed by atoms with Crippen LogP contribution in [0.2, 0.25) is 18.1 Å². The van der Waals surface area contributed by atoms with Crippen molar-refractivity contribution in [1.29, 1.82) is 0 Å². The third-order valence-corrected chi connectivity index (χ3v) is 10.8. The van der Waals surface area contributed by atoms with E-state index in [0.29, 0.717) is 30.3 Å². The number of ketones is 1. The molecule has 22 heavy (non-hydrogen) atoms. The van der Waals surface area contributed by atoms with Crippen LogP contribution in [0.15, 0.2) is 0 Å². The van der Waals surface area contributed by atoms with Crippen molar-refractivity contribution >= 4 is 42.7 Å². The molecule has 0 aromatic heterocycles. The van der Waals surface area contributed by atoms with E-state index in [1.54, 1.807) is 6.92 Å². The molecule has 2 atom stereocenters. The minimum atomic E-state index is -1.91. The lowest BCUT2D eigenvalue weighted by Gasteiger charge is -2.43. The van der Waals surface area contributed by atoms with Gasteiger partial charge in [-0.05, 0) is 37.9 Å². The molecule has 6 heteroatoms. The van der Waals surface area contributed by atoms with E-state index in [1.807, 2.05) is 0 Å². The first-order valence-corrected chi connectivity index (χ1v) is 12.4. The Balaban J connectivity index is 2.95. The summed E-state index contributed by atoms with van der Waals surface area (Å²) in [5.74, 6) is -0.367. The average molecular weight is 440 g/mol. The van der Waals surface area contributed by atoms with Crippen LogP contribution in [0, 0.1) is 5.41 Å². The number of halogens is 1. The number of hydrogen-bond acceptors (Lipinski definition) is 4. The predicted octanol–water partition coefficient (Wildman–Crippen LogP) is 4.11. The molecule has 2 unspecified atom stereocenters. The Morgan fingerprint density at radius 3 is 2.45 bits per heavy atom. The van der Waals surface area contributed by atoms with Crippen LogP contribution in [0.25, 0.3) is 0 Å². The standard InChI is InChI=1S/C16H29IO4Si/c1-7-20-14(19)16(11-17)10-12(8-9-13(16)18)21-22(5,6)15(2,3)4/h12H,7-11H2,1-6H3. The van der Waals surface area contributed by atoms with Crippen molar-refractivity contribution in [3.05, 3.63) is 0 Å². The van der Waals surface area contributed by atoms with E-state index in [2.05, 4.69) is 56.5 Å². The van der Waals surface area contributed by atoms with Gasteiger partial charge in [0.25, 0.3) is 0 Å². The average Bonchev–Trinajstić information content (AvgIpc) is 2.39. The van der Waals surface area contributed by atoms with Crippen molar-refractivity contribution in [3.63, 3.8) is 0 Å². The summed E-state index contributed by atoms with van der Waals surface area (Å²) < 4.78 is 12.1. The van der Waals surface area contributed by atoms with E-state index in [1.165, 1.54) is 0 Å². The molecule has 0 aromatic rings. The topological polar surface area (TPSA) is 52.6 Å². The molecule has 0 aromatic carbocycles. The van der Waals surface area contributed by atoms with Gasteiger partial charge in [-0.2, -0.15) is 0 Å². The lowest BCUT2D eigenvalue weighted by Crippen LogP contribution is -2.52. The van der Waals surface area contributed by atoms with Crippen molar-refractivity contribution in [2.24, 2.45) is 5.41 Å². The fraction of sp³-hybridized carbons (Fsp3) is 0.875. The van der Waals surface area contributed by atoms with Crippen LogP contribution in [0.5, 0.6) is 0 Å². The monoisotopic (exact) mass is 440 g/mol. The van der Waals surface area contributed by atoms with Crippen molar-refractivity contribution in [1.82, 2.24) is 0 Å². The van der Waals surface area contributed by atoms with Gasteiger partial charge in [-0.15, -0.1) is 0 Å². The Morgan fingerprint density at radius 2 is 2.00 bits per heavy atom. The lowest BCUT2D eigenvalue weighted by molar-refractivity contribution is -0.162. The molecule has 4 nitrogen and oxygen atoms in total. The Morgan fingerprint density at radius 1 is 1.41 bits per heavy atom. The predicted molar refractivity (Wildman–Crippen MR) is 98.9 cm³/mol. The normalized spacial score (nSPS) is 26.9. The number of rotatable bonds is 5. The molecule has 1 saturated carbocycles. The summed E-state index contributed by atoms with van der Waals surface area (Å²) in [5.41, 5.74) is -1.01. The number of hydrogen-bond donors (Lipinski definition) is 0. The first-order chi connectivity index (χ1) is 10.00. The van der Waals surface area contributed by atoms with Crippen LogP contribution in [-0.4, -0.2) is 37.2 Å². The molecule has 0 radical (unpaired) electrons. The fourth-order valence-electron chi connectivity index (χ4n) is 2.48. The van der Waals surface area contributed by atoms with Crippen molar-refractivity contribution in [2.45, 2.75) is 71.2 Å². The molecule has 0 aliphatic heterocycles. The number of carbonyl (C=O) groups is 2. The molecular formula is C16H29IO4Si. The summed E-state index contributed by atoms with van der Waals surface area (Å²) in [7, 11) is -1.91. The third kappa shape index (κ3) is 4.11. The number of ether oxygens (including phenoxy) is 1. The van der Waals surface area contributed by atoms with E-state index < -0.39 is 13.7 Å². The van der Waals surface area contributed by atoms with E-state index in [0.717, 1.165) is 0 Å². The number of alkyl halides is 1. The van der Waals surface area contributed by atoms with Crippen LogP contribution >= 0.6 is 22.6 Å². The van der Waals surface area contributed by atoms with Gasteiger partial charge in [-0.1, -0.05) is 43.4 Å². The van der Waals surface area contributed by atoms with Gasteiger partial charge in [0.2, 0.25) is 0 Å². The largest absolute Gasteiger partial charge is 0.465 e. The molecule has 128 valence electrons. The van der Waals surface area contributed by atoms with Gasteiger partial charge in [0.1, 0.15) is 5.41 Å². The molecule has 1 aliphatic carbocycles. The number of carbonyl (C=O) groups excluding carboxylic acids is 2. The lowest BCUT2D eigenvalue weighted by atomic mass is 9.73. The summed E-state index contributed by atoms with van der Waals surface area (Å²) in [6.45, 7) is 13.1. The van der Waals surface area contributed by atoms with Crippen LogP contribution < -0.4 is 0 Å². The smallest absolute Gasteiger partial charge is 0.320 e. The number of esters is 1. The minimum absolute atomic E-state index is 0.00966. The zero-order valence-electron chi connectivity index (χ0n) is 14.6.